The predicted molar refractivity (Wildman–Crippen MR) is 66.8 cm³/mol. The fraction of sp³-hybridized carbons (Fsp3) is 0.571. The van der Waals surface area contributed by atoms with Crippen molar-refractivity contribution >= 4 is 0 Å². The molecule has 1 unspecified atom stereocenters. The van der Waals surface area contributed by atoms with Crippen LogP contribution in [0.3, 0.4) is 0 Å². The highest BCUT2D eigenvalue weighted by Crippen LogP contribution is 2.27. The van der Waals surface area contributed by atoms with Crippen molar-refractivity contribution in [1.29, 1.82) is 0 Å². The lowest BCUT2D eigenvalue weighted by molar-refractivity contribution is 0.303. The Morgan fingerprint density at radius 2 is 2.00 bits per heavy atom. The van der Waals surface area contributed by atoms with E-state index in [0.29, 0.717) is 12.1 Å². The summed E-state index contributed by atoms with van der Waals surface area (Å²) in [6.45, 7) is 5.46. The van der Waals surface area contributed by atoms with Gasteiger partial charge in [-0.25, -0.2) is 0 Å². The van der Waals surface area contributed by atoms with Crippen LogP contribution in [-0.2, 0) is 0 Å². The normalized spacial score (nSPS) is 17.1. The summed E-state index contributed by atoms with van der Waals surface area (Å²) >= 11 is 0. The van der Waals surface area contributed by atoms with Gasteiger partial charge in [0.05, 0.1) is 6.10 Å². The first-order valence-electron chi connectivity index (χ1n) is 6.29. The van der Waals surface area contributed by atoms with Crippen LogP contribution in [0.2, 0.25) is 0 Å². The van der Waals surface area contributed by atoms with Gasteiger partial charge in [0.15, 0.2) is 0 Å². The molecule has 0 aliphatic heterocycles. The quantitative estimate of drug-likeness (QED) is 0.792. The van der Waals surface area contributed by atoms with Gasteiger partial charge in [0, 0.05) is 6.04 Å². The maximum absolute atomic E-state index is 5.72. The van der Waals surface area contributed by atoms with Crippen molar-refractivity contribution in [2.75, 3.05) is 6.54 Å². The number of nitrogens with one attached hydrogen (secondary N) is 1. The summed E-state index contributed by atoms with van der Waals surface area (Å²) in [6.07, 6.45) is 4.10. The first kappa shape index (κ1) is 11.5. The maximum Gasteiger partial charge on any atom is 0.119 e. The Kier molecular flexibility index (Phi) is 3.83. The van der Waals surface area contributed by atoms with E-state index in [2.05, 4.69) is 43.4 Å². The highest BCUT2D eigenvalue weighted by atomic mass is 16.5. The second kappa shape index (κ2) is 5.35. The zero-order valence-corrected chi connectivity index (χ0v) is 10.2. The fourth-order valence-corrected chi connectivity index (χ4v) is 1.69. The topological polar surface area (TPSA) is 21.3 Å². The molecule has 2 heteroatoms. The molecule has 88 valence electrons. The molecule has 0 bridgehead atoms. The molecule has 16 heavy (non-hydrogen) atoms. The maximum atomic E-state index is 5.72. The number of ether oxygens (including phenoxy) is 1. The molecule has 1 N–H and O–H groups in total. The van der Waals surface area contributed by atoms with Gasteiger partial charge in [-0.05, 0) is 50.4 Å². The lowest BCUT2D eigenvalue weighted by atomic mass is 10.1. The van der Waals surface area contributed by atoms with Crippen molar-refractivity contribution in [1.82, 2.24) is 5.32 Å². The molecule has 1 fully saturated rings. The van der Waals surface area contributed by atoms with Crippen LogP contribution in [0.1, 0.15) is 44.7 Å². The minimum absolute atomic E-state index is 0.426. The van der Waals surface area contributed by atoms with E-state index >= 15 is 0 Å². The van der Waals surface area contributed by atoms with Gasteiger partial charge in [-0.15, -0.1) is 0 Å². The van der Waals surface area contributed by atoms with Crippen LogP contribution in [0, 0.1) is 0 Å². The molecule has 1 atom stereocenters. The van der Waals surface area contributed by atoms with Crippen LogP contribution >= 0.6 is 0 Å². The van der Waals surface area contributed by atoms with Gasteiger partial charge >= 0.3 is 0 Å². The van der Waals surface area contributed by atoms with Crippen molar-refractivity contribution in [2.24, 2.45) is 0 Å². The van der Waals surface area contributed by atoms with Crippen LogP contribution in [0.5, 0.6) is 5.75 Å². The van der Waals surface area contributed by atoms with E-state index in [1.165, 1.54) is 24.8 Å². The van der Waals surface area contributed by atoms with Crippen molar-refractivity contribution in [3.63, 3.8) is 0 Å². The van der Waals surface area contributed by atoms with E-state index in [9.17, 15) is 0 Å². The Bertz CT molecular complexity index is 316. The summed E-state index contributed by atoms with van der Waals surface area (Å²) in [6, 6.07) is 8.90. The highest BCUT2D eigenvalue weighted by Gasteiger charge is 2.23. The van der Waals surface area contributed by atoms with Crippen molar-refractivity contribution in [3.8, 4) is 5.75 Å². The molecule has 1 aliphatic carbocycles. The Morgan fingerprint density at radius 1 is 1.31 bits per heavy atom. The summed E-state index contributed by atoms with van der Waals surface area (Å²) in [5, 5.41) is 3.48. The molecular formula is C14H21NO. The third-order valence-electron chi connectivity index (χ3n) is 2.91. The molecule has 2 nitrogen and oxygen atoms in total. The monoisotopic (exact) mass is 219 g/mol. The first-order chi connectivity index (χ1) is 7.79. The van der Waals surface area contributed by atoms with Gasteiger partial charge in [0.2, 0.25) is 0 Å². The van der Waals surface area contributed by atoms with Gasteiger partial charge in [0.25, 0.3) is 0 Å². The van der Waals surface area contributed by atoms with E-state index in [4.69, 9.17) is 4.74 Å². The third kappa shape index (κ3) is 3.24. The lowest BCUT2D eigenvalue weighted by Crippen LogP contribution is -2.19. The van der Waals surface area contributed by atoms with E-state index in [0.717, 1.165) is 12.3 Å². The van der Waals surface area contributed by atoms with Gasteiger partial charge < -0.3 is 10.1 Å². The molecular weight excluding hydrogens is 198 g/mol. The number of hydrogen-bond donors (Lipinski definition) is 1. The molecule has 0 aromatic heterocycles. The molecule has 0 spiro atoms. The lowest BCUT2D eigenvalue weighted by Gasteiger charge is -2.14. The second-order valence-corrected chi connectivity index (χ2v) is 4.56. The SMILES string of the molecule is CCCNC(C)c1ccc(OC2CC2)cc1. The summed E-state index contributed by atoms with van der Waals surface area (Å²) in [7, 11) is 0. The van der Waals surface area contributed by atoms with Crippen LogP contribution in [0.25, 0.3) is 0 Å². The Labute approximate surface area is 98.0 Å². The molecule has 2 rings (SSSR count). The van der Waals surface area contributed by atoms with Gasteiger partial charge in [-0.2, -0.15) is 0 Å². The molecule has 1 aromatic rings. The number of rotatable bonds is 6. The average molecular weight is 219 g/mol. The zero-order chi connectivity index (χ0) is 11.4. The van der Waals surface area contributed by atoms with Crippen LogP contribution in [0.15, 0.2) is 24.3 Å². The minimum Gasteiger partial charge on any atom is -0.490 e. The molecule has 0 heterocycles. The van der Waals surface area contributed by atoms with E-state index in [1.54, 1.807) is 0 Å². The van der Waals surface area contributed by atoms with Crippen molar-refractivity contribution in [3.05, 3.63) is 29.8 Å². The standard InChI is InChI=1S/C14H21NO/c1-3-10-15-11(2)12-4-6-13(7-5-12)16-14-8-9-14/h4-7,11,14-15H,3,8-10H2,1-2H3. The predicted octanol–water partition coefficient (Wildman–Crippen LogP) is 3.29. The van der Waals surface area contributed by atoms with Crippen molar-refractivity contribution < 1.29 is 4.74 Å². The smallest absolute Gasteiger partial charge is 0.119 e. The summed E-state index contributed by atoms with van der Waals surface area (Å²) < 4.78 is 5.72. The zero-order valence-electron chi connectivity index (χ0n) is 10.2. The summed E-state index contributed by atoms with van der Waals surface area (Å²) in [4.78, 5) is 0. The number of hydrogen-bond acceptors (Lipinski definition) is 2. The molecule has 1 saturated carbocycles. The van der Waals surface area contributed by atoms with Crippen LogP contribution in [0.4, 0.5) is 0 Å². The van der Waals surface area contributed by atoms with Crippen LogP contribution < -0.4 is 10.1 Å². The highest BCUT2D eigenvalue weighted by molar-refractivity contribution is 5.29. The molecule has 0 radical (unpaired) electrons. The number of benzene rings is 1. The second-order valence-electron chi connectivity index (χ2n) is 4.56. The van der Waals surface area contributed by atoms with Crippen LogP contribution in [-0.4, -0.2) is 12.6 Å². The Hall–Kier alpha value is -1.02. The summed E-state index contributed by atoms with van der Waals surface area (Å²) in [5.41, 5.74) is 1.33. The average Bonchev–Trinajstić information content (AvgIpc) is 3.11. The van der Waals surface area contributed by atoms with E-state index < -0.39 is 0 Å². The Balaban J connectivity index is 1.89. The van der Waals surface area contributed by atoms with E-state index in [-0.39, 0.29) is 0 Å². The van der Waals surface area contributed by atoms with Gasteiger partial charge in [-0.1, -0.05) is 19.1 Å². The summed E-state index contributed by atoms with van der Waals surface area (Å²) in [5.74, 6) is 1.01. The van der Waals surface area contributed by atoms with E-state index in [1.807, 2.05) is 0 Å². The molecule has 0 saturated heterocycles. The van der Waals surface area contributed by atoms with Gasteiger partial charge in [0.1, 0.15) is 5.75 Å². The minimum atomic E-state index is 0.426. The first-order valence-corrected chi connectivity index (χ1v) is 6.29. The van der Waals surface area contributed by atoms with Gasteiger partial charge in [-0.3, -0.25) is 0 Å². The Morgan fingerprint density at radius 3 is 2.56 bits per heavy atom. The third-order valence-corrected chi connectivity index (χ3v) is 2.91. The molecule has 1 aromatic carbocycles. The molecule has 1 aliphatic rings. The fourth-order valence-electron chi connectivity index (χ4n) is 1.69. The largest absolute Gasteiger partial charge is 0.490 e. The molecule has 0 amide bonds. The van der Waals surface area contributed by atoms with Crippen molar-refractivity contribution in [2.45, 2.75) is 45.3 Å².